The number of nitrogens with one attached hydrogen (secondary N) is 2. The van der Waals surface area contributed by atoms with Crippen molar-refractivity contribution in [2.24, 2.45) is 0 Å². The van der Waals surface area contributed by atoms with Crippen molar-refractivity contribution >= 4 is 32.3 Å². The predicted molar refractivity (Wildman–Crippen MR) is 90.6 cm³/mol. The van der Waals surface area contributed by atoms with Crippen LogP contribution in [-0.4, -0.2) is 34.1 Å². The third kappa shape index (κ3) is 3.66. The lowest BCUT2D eigenvalue weighted by Gasteiger charge is -2.03. The molecule has 0 fully saturated rings. The van der Waals surface area contributed by atoms with E-state index in [2.05, 4.69) is 20.6 Å². The molecular formula is C16H15FN4O2S. The van der Waals surface area contributed by atoms with Crippen molar-refractivity contribution in [3.63, 3.8) is 0 Å². The second-order valence-corrected chi connectivity index (χ2v) is 6.11. The van der Waals surface area contributed by atoms with Gasteiger partial charge in [-0.3, -0.25) is 14.8 Å². The second kappa shape index (κ2) is 7.33. The Morgan fingerprint density at radius 3 is 3.00 bits per heavy atom. The van der Waals surface area contributed by atoms with Gasteiger partial charge in [0, 0.05) is 35.6 Å². The molecule has 3 N–H and O–H groups in total. The van der Waals surface area contributed by atoms with Crippen molar-refractivity contribution in [1.82, 2.24) is 15.3 Å². The number of anilines is 1. The molecule has 0 spiro atoms. The summed E-state index contributed by atoms with van der Waals surface area (Å²) in [7, 11) is 0. The highest BCUT2D eigenvalue weighted by Crippen LogP contribution is 2.31. The molecule has 0 saturated heterocycles. The lowest BCUT2D eigenvalue weighted by Crippen LogP contribution is -2.27. The number of amides is 1. The van der Waals surface area contributed by atoms with Crippen LogP contribution < -0.4 is 10.6 Å². The molecule has 3 aromatic rings. The number of aliphatic hydroxyl groups is 1. The molecule has 0 aliphatic rings. The van der Waals surface area contributed by atoms with Gasteiger partial charge in [-0.05, 0) is 23.8 Å². The van der Waals surface area contributed by atoms with E-state index in [-0.39, 0.29) is 24.9 Å². The monoisotopic (exact) mass is 346 g/mol. The predicted octanol–water partition coefficient (Wildman–Crippen LogP) is 2.16. The molecule has 0 saturated carbocycles. The maximum absolute atomic E-state index is 13.1. The largest absolute Gasteiger partial charge is 0.395 e. The number of hydrogen-bond acceptors (Lipinski definition) is 6. The normalized spacial score (nSPS) is 10.8. The molecule has 24 heavy (non-hydrogen) atoms. The fraction of sp³-hybridized carbons (Fsp3) is 0.188. The van der Waals surface area contributed by atoms with Gasteiger partial charge in [-0.2, -0.15) is 0 Å². The van der Waals surface area contributed by atoms with Crippen molar-refractivity contribution in [2.75, 3.05) is 18.5 Å². The molecule has 6 nitrogen and oxygen atoms in total. The fourth-order valence-corrected chi connectivity index (χ4v) is 3.18. The van der Waals surface area contributed by atoms with Crippen LogP contribution in [0.15, 0.2) is 36.8 Å². The maximum Gasteiger partial charge on any atom is 0.270 e. The Kier molecular flexibility index (Phi) is 4.97. The number of pyridine rings is 2. The van der Waals surface area contributed by atoms with Crippen molar-refractivity contribution in [3.8, 4) is 0 Å². The Morgan fingerprint density at radius 1 is 1.33 bits per heavy atom. The summed E-state index contributed by atoms with van der Waals surface area (Å²) in [6.07, 6.45) is 4.33. The molecule has 0 aromatic carbocycles. The fourth-order valence-electron chi connectivity index (χ4n) is 2.23. The Morgan fingerprint density at radius 2 is 2.21 bits per heavy atom. The molecule has 0 unspecified atom stereocenters. The molecule has 0 atom stereocenters. The highest BCUT2D eigenvalue weighted by Gasteiger charge is 2.13. The average molecular weight is 346 g/mol. The summed E-state index contributed by atoms with van der Waals surface area (Å²) >= 11 is 1.48. The zero-order chi connectivity index (χ0) is 16.9. The third-order valence-corrected chi connectivity index (χ3v) is 4.34. The summed E-state index contributed by atoms with van der Waals surface area (Å²) in [6.45, 7) is 0.482. The highest BCUT2D eigenvalue weighted by atomic mass is 32.1. The summed E-state index contributed by atoms with van der Waals surface area (Å²) in [5, 5.41) is 16.2. The van der Waals surface area contributed by atoms with E-state index < -0.39 is 0 Å². The number of halogens is 1. The first-order valence-corrected chi connectivity index (χ1v) is 8.10. The van der Waals surface area contributed by atoms with Crippen LogP contribution in [0.1, 0.15) is 16.1 Å². The Hall–Kier alpha value is -2.58. The van der Waals surface area contributed by atoms with Crippen LogP contribution in [0.2, 0.25) is 0 Å². The summed E-state index contributed by atoms with van der Waals surface area (Å²) in [4.78, 5) is 20.0. The minimum atomic E-state index is -0.377. The third-order valence-electron chi connectivity index (χ3n) is 3.29. The molecule has 0 aliphatic heterocycles. The minimum Gasteiger partial charge on any atom is -0.395 e. The van der Waals surface area contributed by atoms with Gasteiger partial charge in [0.05, 0.1) is 17.8 Å². The Bertz CT molecular complexity index is 868. The zero-order valence-electron chi connectivity index (χ0n) is 12.6. The van der Waals surface area contributed by atoms with Crippen LogP contribution in [-0.2, 0) is 6.54 Å². The summed E-state index contributed by atoms with van der Waals surface area (Å²) in [5.74, 6) is -0.703. The number of thiophene rings is 1. The molecule has 3 rings (SSSR count). The highest BCUT2D eigenvalue weighted by molar-refractivity contribution is 7.22. The van der Waals surface area contributed by atoms with Gasteiger partial charge in [0.25, 0.3) is 5.91 Å². The van der Waals surface area contributed by atoms with Gasteiger partial charge < -0.3 is 15.7 Å². The molecule has 0 radical (unpaired) electrons. The number of rotatable bonds is 6. The number of hydrogen-bond donors (Lipinski definition) is 3. The quantitative estimate of drug-likeness (QED) is 0.637. The molecular weight excluding hydrogens is 331 g/mol. The standard InChI is InChI=1S/C16H15FN4O2S/c17-11-5-10(7-18-9-11)8-21-14-6-12-13(24-14)1-2-19-15(12)16(23)20-3-4-22/h1-2,5-7,9,21-22H,3-4,8H2,(H,20,23). The Balaban J connectivity index is 1.79. The van der Waals surface area contributed by atoms with Crippen molar-refractivity contribution < 1.29 is 14.3 Å². The van der Waals surface area contributed by atoms with Crippen molar-refractivity contribution in [1.29, 1.82) is 0 Å². The van der Waals surface area contributed by atoms with E-state index >= 15 is 0 Å². The second-order valence-electron chi connectivity index (χ2n) is 5.03. The Labute approximate surface area is 141 Å². The molecule has 1 amide bonds. The maximum atomic E-state index is 13.1. The van der Waals surface area contributed by atoms with E-state index in [1.165, 1.54) is 17.4 Å². The van der Waals surface area contributed by atoms with Gasteiger partial charge in [-0.25, -0.2) is 4.39 Å². The van der Waals surface area contributed by atoms with Crippen LogP contribution in [0.4, 0.5) is 9.39 Å². The first-order chi connectivity index (χ1) is 11.7. The van der Waals surface area contributed by atoms with E-state index in [1.54, 1.807) is 12.4 Å². The molecule has 124 valence electrons. The first kappa shape index (κ1) is 16.3. The van der Waals surface area contributed by atoms with E-state index in [0.29, 0.717) is 12.2 Å². The van der Waals surface area contributed by atoms with E-state index in [4.69, 9.17) is 5.11 Å². The average Bonchev–Trinajstić information content (AvgIpc) is 3.01. The first-order valence-electron chi connectivity index (χ1n) is 7.28. The van der Waals surface area contributed by atoms with Crippen LogP contribution in [0, 0.1) is 5.82 Å². The van der Waals surface area contributed by atoms with Crippen LogP contribution in [0.25, 0.3) is 10.1 Å². The molecule has 8 heteroatoms. The SMILES string of the molecule is O=C(NCCO)c1nccc2sc(NCc3cncc(F)c3)cc12. The van der Waals surface area contributed by atoms with Gasteiger partial charge >= 0.3 is 0 Å². The summed E-state index contributed by atoms with van der Waals surface area (Å²) < 4.78 is 14.1. The number of carbonyl (C=O) groups excluding carboxylic acids is 1. The number of carbonyl (C=O) groups is 1. The lowest BCUT2D eigenvalue weighted by atomic mass is 10.2. The minimum absolute atomic E-state index is 0.125. The van der Waals surface area contributed by atoms with Crippen LogP contribution in [0.5, 0.6) is 0 Å². The number of aliphatic hydroxyl groups excluding tert-OH is 1. The van der Waals surface area contributed by atoms with Gasteiger partial charge in [0.2, 0.25) is 0 Å². The van der Waals surface area contributed by atoms with Gasteiger partial charge in [0.15, 0.2) is 0 Å². The summed E-state index contributed by atoms with van der Waals surface area (Å²) in [5.41, 5.74) is 1.05. The lowest BCUT2D eigenvalue weighted by molar-refractivity contribution is 0.0941. The van der Waals surface area contributed by atoms with Crippen LogP contribution >= 0.6 is 11.3 Å². The number of nitrogens with zero attached hydrogens (tertiary/aromatic N) is 2. The van der Waals surface area contributed by atoms with Gasteiger partial charge in [0.1, 0.15) is 11.5 Å². The molecule has 0 bridgehead atoms. The van der Waals surface area contributed by atoms with Crippen LogP contribution in [0.3, 0.4) is 0 Å². The zero-order valence-corrected chi connectivity index (χ0v) is 13.4. The van der Waals surface area contributed by atoms with Crippen molar-refractivity contribution in [3.05, 3.63) is 53.9 Å². The smallest absolute Gasteiger partial charge is 0.270 e. The molecule has 3 heterocycles. The number of aromatic nitrogens is 2. The van der Waals surface area contributed by atoms with E-state index in [0.717, 1.165) is 26.8 Å². The van der Waals surface area contributed by atoms with Crippen molar-refractivity contribution in [2.45, 2.75) is 6.54 Å². The molecule has 3 aromatic heterocycles. The van der Waals surface area contributed by atoms with Gasteiger partial charge in [-0.15, -0.1) is 11.3 Å². The van der Waals surface area contributed by atoms with E-state index in [9.17, 15) is 9.18 Å². The topological polar surface area (TPSA) is 87.1 Å². The molecule has 0 aliphatic carbocycles. The van der Waals surface area contributed by atoms with Gasteiger partial charge in [-0.1, -0.05) is 0 Å². The number of fused-ring (bicyclic) bond motifs is 1. The van der Waals surface area contributed by atoms with E-state index in [1.807, 2.05) is 12.1 Å². The summed E-state index contributed by atoms with van der Waals surface area (Å²) in [6, 6.07) is 5.09.